The zero-order valence-corrected chi connectivity index (χ0v) is 19.7. The van der Waals surface area contributed by atoms with Gasteiger partial charge in [0.1, 0.15) is 6.10 Å². The van der Waals surface area contributed by atoms with Gasteiger partial charge in [-0.1, -0.05) is 44.2 Å². The Balaban J connectivity index is 1.27. The van der Waals surface area contributed by atoms with Gasteiger partial charge in [0.25, 0.3) is 11.8 Å². The van der Waals surface area contributed by atoms with E-state index in [2.05, 4.69) is 53.6 Å². The maximum absolute atomic E-state index is 12.6. The minimum absolute atomic E-state index is 0.154. The first kappa shape index (κ1) is 23.5. The van der Waals surface area contributed by atoms with E-state index in [4.69, 9.17) is 4.74 Å². The van der Waals surface area contributed by atoms with Crippen LogP contribution in [-0.2, 0) is 22.6 Å². The van der Waals surface area contributed by atoms with Crippen molar-refractivity contribution < 1.29 is 14.3 Å². The van der Waals surface area contributed by atoms with Crippen molar-refractivity contribution in [2.24, 2.45) is 11.8 Å². The largest absolute Gasteiger partial charge is 0.368 e. The number of nitrogens with zero attached hydrogens (tertiary/aromatic N) is 1. The molecule has 4 rings (SSSR count). The minimum atomic E-state index is -0.396. The van der Waals surface area contributed by atoms with Gasteiger partial charge in [-0.2, -0.15) is 0 Å². The SMILES string of the molecule is C[C@@H]1C[C@H](C)CN(Cc2ccc(CNC(=O)c3cccc(NC(=O)[C@H]4CCCO4)c3)cc2)C1. The molecule has 2 aromatic rings. The lowest BCUT2D eigenvalue weighted by Crippen LogP contribution is -2.38. The van der Waals surface area contributed by atoms with E-state index in [-0.39, 0.29) is 11.8 Å². The molecular weight excluding hydrogens is 414 g/mol. The van der Waals surface area contributed by atoms with Crippen molar-refractivity contribution in [3.05, 3.63) is 65.2 Å². The predicted molar refractivity (Wildman–Crippen MR) is 130 cm³/mol. The van der Waals surface area contributed by atoms with E-state index in [9.17, 15) is 9.59 Å². The third-order valence-electron chi connectivity index (χ3n) is 6.44. The highest BCUT2D eigenvalue weighted by Crippen LogP contribution is 2.22. The smallest absolute Gasteiger partial charge is 0.253 e. The zero-order chi connectivity index (χ0) is 23.2. The van der Waals surface area contributed by atoms with E-state index in [1.165, 1.54) is 12.0 Å². The average molecular weight is 450 g/mol. The van der Waals surface area contributed by atoms with Crippen LogP contribution in [0.3, 0.4) is 0 Å². The average Bonchev–Trinajstić information content (AvgIpc) is 3.33. The summed E-state index contributed by atoms with van der Waals surface area (Å²) in [6.07, 6.45) is 2.56. The van der Waals surface area contributed by atoms with E-state index >= 15 is 0 Å². The second-order valence-electron chi connectivity index (χ2n) is 9.71. The van der Waals surface area contributed by atoms with Crippen LogP contribution in [0, 0.1) is 11.8 Å². The topological polar surface area (TPSA) is 70.7 Å². The number of ether oxygens (including phenoxy) is 1. The van der Waals surface area contributed by atoms with Crippen LogP contribution in [0.25, 0.3) is 0 Å². The predicted octanol–water partition coefficient (Wildman–Crippen LogP) is 4.21. The summed E-state index contributed by atoms with van der Waals surface area (Å²) < 4.78 is 5.42. The van der Waals surface area contributed by atoms with Gasteiger partial charge >= 0.3 is 0 Å². The van der Waals surface area contributed by atoms with Gasteiger partial charge < -0.3 is 15.4 Å². The van der Waals surface area contributed by atoms with E-state index in [0.717, 1.165) is 49.9 Å². The van der Waals surface area contributed by atoms with Crippen molar-refractivity contribution in [2.45, 2.75) is 52.3 Å². The lowest BCUT2D eigenvalue weighted by atomic mass is 9.91. The molecule has 2 aliphatic rings. The number of likely N-dealkylation sites (tertiary alicyclic amines) is 1. The summed E-state index contributed by atoms with van der Waals surface area (Å²) >= 11 is 0. The zero-order valence-electron chi connectivity index (χ0n) is 19.7. The molecule has 2 aliphatic heterocycles. The number of amides is 2. The Hall–Kier alpha value is -2.70. The van der Waals surface area contributed by atoms with Crippen LogP contribution in [0.2, 0.25) is 0 Å². The van der Waals surface area contributed by atoms with E-state index in [1.54, 1.807) is 24.3 Å². The van der Waals surface area contributed by atoms with Crippen molar-refractivity contribution in [1.29, 1.82) is 0 Å². The molecular formula is C27H35N3O3. The van der Waals surface area contributed by atoms with Crippen LogP contribution >= 0.6 is 0 Å². The number of anilines is 1. The number of hydrogen-bond acceptors (Lipinski definition) is 4. The molecule has 0 spiro atoms. The van der Waals surface area contributed by atoms with E-state index in [1.807, 2.05) is 0 Å². The summed E-state index contributed by atoms with van der Waals surface area (Å²) in [5.74, 6) is 1.19. The molecule has 2 saturated heterocycles. The number of carbonyl (C=O) groups excluding carboxylic acids is 2. The molecule has 6 nitrogen and oxygen atoms in total. The quantitative estimate of drug-likeness (QED) is 0.664. The number of rotatable bonds is 7. The highest BCUT2D eigenvalue weighted by Gasteiger charge is 2.24. The van der Waals surface area contributed by atoms with Crippen LogP contribution < -0.4 is 10.6 Å². The van der Waals surface area contributed by atoms with Crippen LogP contribution in [0.15, 0.2) is 48.5 Å². The van der Waals surface area contributed by atoms with Gasteiger partial charge in [-0.05, 0) is 60.4 Å². The summed E-state index contributed by atoms with van der Waals surface area (Å²) in [5, 5.41) is 5.83. The molecule has 2 heterocycles. The Morgan fingerprint density at radius 2 is 1.76 bits per heavy atom. The Labute approximate surface area is 196 Å². The normalized spacial score (nSPS) is 23.3. The van der Waals surface area contributed by atoms with Gasteiger partial charge in [-0.3, -0.25) is 14.5 Å². The monoisotopic (exact) mass is 449 g/mol. The van der Waals surface area contributed by atoms with Crippen LogP contribution in [0.4, 0.5) is 5.69 Å². The third kappa shape index (κ3) is 6.65. The van der Waals surface area contributed by atoms with Gasteiger partial charge in [0.15, 0.2) is 0 Å². The molecule has 3 atom stereocenters. The first-order valence-corrected chi connectivity index (χ1v) is 12.1. The molecule has 2 N–H and O–H groups in total. The molecule has 0 bridgehead atoms. The second-order valence-corrected chi connectivity index (χ2v) is 9.71. The fourth-order valence-corrected chi connectivity index (χ4v) is 4.97. The van der Waals surface area contributed by atoms with Gasteiger partial charge in [0, 0.05) is 44.0 Å². The van der Waals surface area contributed by atoms with Crippen molar-refractivity contribution >= 4 is 17.5 Å². The number of carbonyl (C=O) groups is 2. The van der Waals surface area contributed by atoms with E-state index < -0.39 is 6.10 Å². The summed E-state index contributed by atoms with van der Waals surface area (Å²) in [4.78, 5) is 27.4. The first-order valence-electron chi connectivity index (χ1n) is 12.1. The molecule has 33 heavy (non-hydrogen) atoms. The lowest BCUT2D eigenvalue weighted by Gasteiger charge is -2.35. The van der Waals surface area contributed by atoms with Crippen molar-refractivity contribution in [2.75, 3.05) is 25.0 Å². The minimum Gasteiger partial charge on any atom is -0.368 e. The van der Waals surface area contributed by atoms with Crippen LogP contribution in [0.1, 0.15) is 54.6 Å². The maximum atomic E-state index is 12.6. The maximum Gasteiger partial charge on any atom is 0.253 e. The summed E-state index contributed by atoms with van der Waals surface area (Å²) in [5.41, 5.74) is 3.50. The number of hydrogen-bond donors (Lipinski definition) is 2. The van der Waals surface area contributed by atoms with Crippen LogP contribution in [-0.4, -0.2) is 42.5 Å². The first-order chi connectivity index (χ1) is 16.0. The van der Waals surface area contributed by atoms with Gasteiger partial charge in [0.05, 0.1) is 0 Å². The van der Waals surface area contributed by atoms with E-state index in [0.29, 0.717) is 24.4 Å². The van der Waals surface area contributed by atoms with Gasteiger partial charge in [0.2, 0.25) is 0 Å². The Kier molecular flexibility index (Phi) is 7.78. The van der Waals surface area contributed by atoms with Crippen LogP contribution in [0.5, 0.6) is 0 Å². The summed E-state index contributed by atoms with van der Waals surface area (Å²) in [6, 6.07) is 15.5. The van der Waals surface area contributed by atoms with Crippen molar-refractivity contribution in [3.8, 4) is 0 Å². The Morgan fingerprint density at radius 1 is 1.03 bits per heavy atom. The number of piperidine rings is 1. The molecule has 0 unspecified atom stereocenters. The number of benzene rings is 2. The molecule has 0 aliphatic carbocycles. The molecule has 2 fully saturated rings. The molecule has 6 heteroatoms. The van der Waals surface area contributed by atoms with Crippen molar-refractivity contribution in [3.63, 3.8) is 0 Å². The Morgan fingerprint density at radius 3 is 2.45 bits per heavy atom. The molecule has 0 radical (unpaired) electrons. The molecule has 2 aromatic carbocycles. The van der Waals surface area contributed by atoms with Gasteiger partial charge in [-0.25, -0.2) is 0 Å². The highest BCUT2D eigenvalue weighted by molar-refractivity contribution is 5.98. The molecule has 0 aromatic heterocycles. The second kappa shape index (κ2) is 10.9. The Bertz CT molecular complexity index is 943. The van der Waals surface area contributed by atoms with Gasteiger partial charge in [-0.15, -0.1) is 0 Å². The molecule has 0 saturated carbocycles. The fourth-order valence-electron chi connectivity index (χ4n) is 4.97. The van der Waals surface area contributed by atoms with Crippen molar-refractivity contribution in [1.82, 2.24) is 10.2 Å². The standard InChI is InChI=1S/C27H35N3O3/c1-19-13-20(2)17-30(16-19)18-22-10-8-21(9-11-22)15-28-26(31)23-5-3-6-24(14-23)29-27(32)25-7-4-12-33-25/h3,5-6,8-11,14,19-20,25H,4,7,12-13,15-18H2,1-2H3,(H,28,31)(H,29,32)/t19-,20+,25-/m1/s1. The number of nitrogens with one attached hydrogen (secondary N) is 2. The molecule has 176 valence electrons. The lowest BCUT2D eigenvalue weighted by molar-refractivity contribution is -0.124. The summed E-state index contributed by atoms with van der Waals surface area (Å²) in [6.45, 7) is 9.06. The highest BCUT2D eigenvalue weighted by atomic mass is 16.5. The summed E-state index contributed by atoms with van der Waals surface area (Å²) in [7, 11) is 0. The fraction of sp³-hybridized carbons (Fsp3) is 0.481. The molecule has 2 amide bonds. The third-order valence-corrected chi connectivity index (χ3v) is 6.44.